The minimum absolute atomic E-state index is 0.00121. The van der Waals surface area contributed by atoms with Crippen molar-refractivity contribution in [2.75, 3.05) is 48.7 Å². The van der Waals surface area contributed by atoms with E-state index in [-0.39, 0.29) is 17.0 Å². The molecule has 0 bridgehead atoms. The van der Waals surface area contributed by atoms with Gasteiger partial charge in [-0.3, -0.25) is 0 Å². The molecule has 1 atom stereocenters. The lowest BCUT2D eigenvalue weighted by Gasteiger charge is -2.35. The Balaban J connectivity index is 1.65. The molecule has 0 unspecified atom stereocenters. The smallest absolute Gasteiger partial charge is 0.399 e. The summed E-state index contributed by atoms with van der Waals surface area (Å²) in [5.41, 5.74) is 6.04. The maximum Gasteiger partial charge on any atom is 0.416 e. The maximum absolute atomic E-state index is 14.3. The molecule has 1 saturated heterocycles. The summed E-state index contributed by atoms with van der Waals surface area (Å²) in [6.45, 7) is 8.22. The van der Waals surface area contributed by atoms with E-state index in [9.17, 15) is 17.6 Å². The van der Waals surface area contributed by atoms with Crippen LogP contribution in [0.1, 0.15) is 31.0 Å². The number of rotatable bonds is 5. The van der Waals surface area contributed by atoms with Gasteiger partial charge in [0.15, 0.2) is 5.82 Å². The zero-order valence-corrected chi connectivity index (χ0v) is 18.3. The number of pyridine rings is 1. The number of nitrogens with one attached hydrogen (secondary N) is 1. The summed E-state index contributed by atoms with van der Waals surface area (Å²) in [6.07, 6.45) is -2.91. The number of hydrogen-bond acceptors (Lipinski definition) is 7. The highest BCUT2D eigenvalue weighted by Gasteiger charge is 2.31. The average molecular weight is 463 g/mol. The van der Waals surface area contributed by atoms with Gasteiger partial charge >= 0.3 is 6.18 Å². The molecule has 3 N–H and O–H groups in total. The van der Waals surface area contributed by atoms with Crippen molar-refractivity contribution in [2.45, 2.75) is 26.1 Å². The van der Waals surface area contributed by atoms with Crippen molar-refractivity contribution in [1.82, 2.24) is 20.1 Å². The van der Waals surface area contributed by atoms with Crippen molar-refractivity contribution in [3.63, 3.8) is 0 Å². The van der Waals surface area contributed by atoms with E-state index in [1.165, 1.54) is 6.07 Å². The number of benzene rings is 1. The van der Waals surface area contributed by atoms with Crippen LogP contribution in [-0.2, 0) is 6.18 Å². The van der Waals surface area contributed by atoms with Crippen LogP contribution in [0.15, 0.2) is 30.5 Å². The third kappa shape index (κ3) is 4.92. The van der Waals surface area contributed by atoms with Gasteiger partial charge in [0.2, 0.25) is 0 Å². The molecule has 11 heteroatoms. The molecule has 176 valence electrons. The molecule has 2 aromatic heterocycles. The number of nitrogen functional groups attached to an aromatic ring is 1. The van der Waals surface area contributed by atoms with Gasteiger partial charge in [0.1, 0.15) is 5.52 Å². The summed E-state index contributed by atoms with van der Waals surface area (Å²) >= 11 is 0. The van der Waals surface area contributed by atoms with Crippen molar-refractivity contribution in [1.29, 1.82) is 0 Å². The van der Waals surface area contributed by atoms with Crippen LogP contribution in [0.4, 0.5) is 34.8 Å². The van der Waals surface area contributed by atoms with Crippen molar-refractivity contribution < 1.29 is 17.6 Å². The maximum atomic E-state index is 14.3. The number of aromatic nitrogens is 3. The Labute approximate surface area is 188 Å². The normalized spacial score (nSPS) is 16.2. The number of piperazine rings is 1. The fourth-order valence-electron chi connectivity index (χ4n) is 3.97. The molecule has 1 aliphatic rings. The Morgan fingerprint density at radius 2 is 1.82 bits per heavy atom. The molecule has 3 aromatic rings. The highest BCUT2D eigenvalue weighted by molar-refractivity contribution is 5.91. The lowest BCUT2D eigenvalue weighted by atomic mass is 10.0. The largest absolute Gasteiger partial charge is 0.416 e. The molecular formula is C22H25F4N7. The number of fused-ring (bicyclic) bond motifs is 1. The molecule has 0 amide bonds. The molecule has 1 aliphatic heterocycles. The lowest BCUT2D eigenvalue weighted by molar-refractivity contribution is -0.137. The van der Waals surface area contributed by atoms with E-state index >= 15 is 0 Å². The standard InChI is InChI=1S/C22H25F4N7/c1-3-32-4-6-33(7-5-32)17-11-18-19(28-12-17)20(23)30-31-21(18)29-13(2)14-8-15(22(24,25)26)10-16(27)9-14/h8-13H,3-7,27H2,1-2H3,(H,29,31)/t13-/m1/s1. The van der Waals surface area contributed by atoms with E-state index in [1.807, 2.05) is 0 Å². The molecule has 0 aliphatic carbocycles. The van der Waals surface area contributed by atoms with Crippen LogP contribution >= 0.6 is 0 Å². The quantitative estimate of drug-likeness (QED) is 0.436. The number of alkyl halides is 3. The summed E-state index contributed by atoms with van der Waals surface area (Å²) in [6, 6.07) is 4.57. The molecule has 3 heterocycles. The van der Waals surface area contributed by atoms with Gasteiger partial charge in [-0.05, 0) is 43.3 Å². The number of nitrogens with two attached hydrogens (primary N) is 1. The van der Waals surface area contributed by atoms with Gasteiger partial charge < -0.3 is 20.9 Å². The summed E-state index contributed by atoms with van der Waals surface area (Å²) in [5, 5.41) is 10.9. The van der Waals surface area contributed by atoms with Crippen LogP contribution < -0.4 is 16.0 Å². The Hall–Kier alpha value is -3.21. The first-order chi connectivity index (χ1) is 15.7. The Morgan fingerprint density at radius 1 is 1.09 bits per heavy atom. The third-order valence-corrected chi connectivity index (χ3v) is 5.90. The monoisotopic (exact) mass is 463 g/mol. The van der Waals surface area contributed by atoms with Gasteiger partial charge in [-0.1, -0.05) is 6.92 Å². The highest BCUT2D eigenvalue weighted by atomic mass is 19.4. The SMILES string of the molecule is CCN1CCN(c2cnc3c(F)nnc(N[C@H](C)c4cc(N)cc(C(F)(F)F)c4)c3c2)CC1. The van der Waals surface area contributed by atoms with Crippen molar-refractivity contribution in [3.8, 4) is 0 Å². The number of anilines is 3. The molecule has 33 heavy (non-hydrogen) atoms. The van der Waals surface area contributed by atoms with E-state index in [2.05, 4.69) is 37.2 Å². The lowest BCUT2D eigenvalue weighted by Crippen LogP contribution is -2.46. The van der Waals surface area contributed by atoms with Crippen molar-refractivity contribution in [2.24, 2.45) is 0 Å². The van der Waals surface area contributed by atoms with Crippen LogP contribution in [-0.4, -0.2) is 52.8 Å². The van der Waals surface area contributed by atoms with Crippen LogP contribution in [0.2, 0.25) is 0 Å². The Bertz CT molecular complexity index is 1140. The molecule has 1 fully saturated rings. The van der Waals surface area contributed by atoms with Crippen LogP contribution in [0.25, 0.3) is 10.9 Å². The van der Waals surface area contributed by atoms with Crippen LogP contribution in [0.5, 0.6) is 0 Å². The fraction of sp³-hybridized carbons (Fsp3) is 0.409. The number of halogens is 4. The number of nitrogens with zero attached hydrogens (tertiary/aromatic N) is 5. The first-order valence-corrected chi connectivity index (χ1v) is 10.7. The summed E-state index contributed by atoms with van der Waals surface area (Å²) in [4.78, 5) is 8.76. The predicted octanol–water partition coefficient (Wildman–Crippen LogP) is 4.08. The van der Waals surface area contributed by atoms with Gasteiger partial charge in [-0.2, -0.15) is 17.6 Å². The second-order valence-corrected chi connectivity index (χ2v) is 8.10. The van der Waals surface area contributed by atoms with Crippen LogP contribution in [0, 0.1) is 5.95 Å². The van der Waals surface area contributed by atoms with E-state index in [4.69, 9.17) is 5.73 Å². The highest BCUT2D eigenvalue weighted by Crippen LogP contribution is 2.34. The van der Waals surface area contributed by atoms with Gasteiger partial charge in [0.05, 0.1) is 28.9 Å². The van der Waals surface area contributed by atoms with E-state index in [0.29, 0.717) is 10.9 Å². The zero-order chi connectivity index (χ0) is 23.8. The van der Waals surface area contributed by atoms with E-state index in [0.717, 1.165) is 50.5 Å². The molecule has 0 spiro atoms. The minimum atomic E-state index is -4.52. The number of likely N-dealkylation sites (N-methyl/N-ethyl adjacent to an activating group) is 1. The molecule has 0 saturated carbocycles. The van der Waals surface area contributed by atoms with Gasteiger partial charge in [0, 0.05) is 31.9 Å². The predicted molar refractivity (Wildman–Crippen MR) is 120 cm³/mol. The summed E-state index contributed by atoms with van der Waals surface area (Å²) < 4.78 is 53.9. The second kappa shape index (κ2) is 8.97. The molecular weight excluding hydrogens is 438 g/mol. The van der Waals surface area contributed by atoms with E-state index < -0.39 is 23.7 Å². The van der Waals surface area contributed by atoms with Crippen LogP contribution in [0.3, 0.4) is 0 Å². The number of hydrogen-bond donors (Lipinski definition) is 2. The second-order valence-electron chi connectivity index (χ2n) is 8.10. The van der Waals surface area contributed by atoms with Gasteiger partial charge in [-0.15, -0.1) is 10.2 Å². The zero-order valence-electron chi connectivity index (χ0n) is 18.3. The van der Waals surface area contributed by atoms with Gasteiger partial charge in [-0.25, -0.2) is 4.98 Å². The summed E-state index contributed by atoms with van der Waals surface area (Å²) in [5.74, 6) is -0.578. The topological polar surface area (TPSA) is 83.2 Å². The van der Waals surface area contributed by atoms with Crippen molar-refractivity contribution in [3.05, 3.63) is 47.5 Å². The average Bonchev–Trinajstić information content (AvgIpc) is 2.79. The fourth-order valence-corrected chi connectivity index (χ4v) is 3.97. The summed E-state index contributed by atoms with van der Waals surface area (Å²) in [7, 11) is 0. The minimum Gasteiger partial charge on any atom is -0.399 e. The molecule has 4 rings (SSSR count). The van der Waals surface area contributed by atoms with E-state index in [1.54, 1.807) is 19.2 Å². The molecule has 0 radical (unpaired) electrons. The molecule has 1 aromatic carbocycles. The Kier molecular flexibility index (Phi) is 6.24. The first kappa shape index (κ1) is 23.0. The van der Waals surface area contributed by atoms with Gasteiger partial charge in [0.25, 0.3) is 5.95 Å². The first-order valence-electron chi connectivity index (χ1n) is 10.7. The Morgan fingerprint density at radius 3 is 2.48 bits per heavy atom. The van der Waals surface area contributed by atoms with Crippen molar-refractivity contribution >= 4 is 28.1 Å². The molecule has 7 nitrogen and oxygen atoms in total. The third-order valence-electron chi connectivity index (χ3n) is 5.90.